The first-order chi connectivity index (χ1) is 8.56. The van der Waals surface area contributed by atoms with Gasteiger partial charge in [0.15, 0.2) is 0 Å². The van der Waals surface area contributed by atoms with Crippen LogP contribution in [0.1, 0.15) is 25.3 Å². The van der Waals surface area contributed by atoms with Crippen molar-refractivity contribution >= 4 is 10.0 Å². The zero-order valence-electron chi connectivity index (χ0n) is 10.0. The van der Waals surface area contributed by atoms with Gasteiger partial charge in [0.05, 0.1) is 17.1 Å². The molecule has 0 radical (unpaired) electrons. The van der Waals surface area contributed by atoms with Gasteiger partial charge in [0.25, 0.3) is 0 Å². The van der Waals surface area contributed by atoms with E-state index in [1.54, 1.807) is 6.92 Å². The maximum absolute atomic E-state index is 12.0. The van der Waals surface area contributed by atoms with Crippen LogP contribution >= 0.6 is 0 Å². The molecule has 96 valence electrons. The molecule has 1 aromatic carbocycles. The molecule has 0 unspecified atom stereocenters. The molecule has 0 saturated heterocycles. The average Bonchev–Trinajstić information content (AvgIpc) is 3.13. The van der Waals surface area contributed by atoms with Gasteiger partial charge >= 0.3 is 0 Å². The smallest absolute Gasteiger partial charge is 0.240 e. The topological polar surface area (TPSA) is 79.2 Å². The van der Waals surface area contributed by atoms with Crippen molar-refractivity contribution < 1.29 is 13.2 Å². The molecule has 1 N–H and O–H groups in total. The van der Waals surface area contributed by atoms with E-state index in [1.807, 2.05) is 6.07 Å². The predicted molar refractivity (Wildman–Crippen MR) is 65.7 cm³/mol. The van der Waals surface area contributed by atoms with Crippen molar-refractivity contribution in [3.63, 3.8) is 0 Å². The Kier molecular flexibility index (Phi) is 3.55. The summed E-state index contributed by atoms with van der Waals surface area (Å²) in [5.74, 6) is 0.408. The summed E-state index contributed by atoms with van der Waals surface area (Å²) in [7, 11) is -3.52. The third kappa shape index (κ3) is 2.81. The molecule has 0 spiro atoms. The highest BCUT2D eigenvalue weighted by molar-refractivity contribution is 7.89. The molecule has 1 aromatic rings. The fraction of sp³-hybridized carbons (Fsp3) is 0.417. The summed E-state index contributed by atoms with van der Waals surface area (Å²) >= 11 is 0. The van der Waals surface area contributed by atoms with E-state index in [-0.39, 0.29) is 16.5 Å². The SMILES string of the molecule is CCOc1ccc(S(=O)(=O)NC2CC2)cc1C#N. The molecular weight excluding hydrogens is 252 g/mol. The summed E-state index contributed by atoms with van der Waals surface area (Å²) in [6, 6.07) is 6.31. The lowest BCUT2D eigenvalue weighted by molar-refractivity contribution is 0.339. The van der Waals surface area contributed by atoms with Gasteiger partial charge in [-0.2, -0.15) is 5.26 Å². The molecule has 6 heteroatoms. The summed E-state index contributed by atoms with van der Waals surface area (Å²) in [4.78, 5) is 0.106. The van der Waals surface area contributed by atoms with Crippen molar-refractivity contribution in [2.45, 2.75) is 30.7 Å². The molecule has 1 aliphatic carbocycles. The van der Waals surface area contributed by atoms with Gasteiger partial charge in [-0.15, -0.1) is 0 Å². The number of nitrogens with zero attached hydrogens (tertiary/aromatic N) is 1. The van der Waals surface area contributed by atoms with Gasteiger partial charge in [0.1, 0.15) is 11.8 Å². The Labute approximate surface area is 106 Å². The molecule has 0 amide bonds. The van der Waals surface area contributed by atoms with Crippen LogP contribution < -0.4 is 9.46 Å². The number of hydrogen-bond acceptors (Lipinski definition) is 4. The van der Waals surface area contributed by atoms with Crippen molar-refractivity contribution in [1.29, 1.82) is 5.26 Å². The van der Waals surface area contributed by atoms with Gasteiger partial charge < -0.3 is 4.74 Å². The second-order valence-electron chi connectivity index (χ2n) is 4.10. The summed E-state index contributed by atoms with van der Waals surface area (Å²) in [6.45, 7) is 2.24. The van der Waals surface area contributed by atoms with Crippen molar-refractivity contribution in [3.8, 4) is 11.8 Å². The molecule has 0 aromatic heterocycles. The van der Waals surface area contributed by atoms with Gasteiger partial charge in [-0.3, -0.25) is 0 Å². The second kappa shape index (κ2) is 4.96. The summed E-state index contributed by atoms with van der Waals surface area (Å²) in [6.07, 6.45) is 1.75. The van der Waals surface area contributed by atoms with Gasteiger partial charge in [0, 0.05) is 6.04 Å². The zero-order chi connectivity index (χ0) is 13.2. The number of ether oxygens (including phenoxy) is 1. The normalized spacial score (nSPS) is 15.1. The van der Waals surface area contributed by atoms with E-state index in [4.69, 9.17) is 10.00 Å². The van der Waals surface area contributed by atoms with Crippen LogP contribution in [0, 0.1) is 11.3 Å². The number of nitriles is 1. The minimum atomic E-state index is -3.52. The minimum absolute atomic E-state index is 0.0482. The largest absolute Gasteiger partial charge is 0.492 e. The molecule has 0 atom stereocenters. The van der Waals surface area contributed by atoms with Crippen LogP contribution in [0.3, 0.4) is 0 Å². The van der Waals surface area contributed by atoms with Crippen molar-refractivity contribution in [2.24, 2.45) is 0 Å². The van der Waals surface area contributed by atoms with E-state index in [0.717, 1.165) is 12.8 Å². The molecule has 18 heavy (non-hydrogen) atoms. The van der Waals surface area contributed by atoms with Crippen molar-refractivity contribution in [1.82, 2.24) is 4.72 Å². The maximum atomic E-state index is 12.0. The quantitative estimate of drug-likeness (QED) is 0.873. The van der Waals surface area contributed by atoms with E-state index < -0.39 is 10.0 Å². The fourth-order valence-corrected chi connectivity index (χ4v) is 2.86. The highest BCUT2D eigenvalue weighted by Gasteiger charge is 2.28. The highest BCUT2D eigenvalue weighted by Crippen LogP contribution is 2.25. The molecule has 1 fully saturated rings. The zero-order valence-corrected chi connectivity index (χ0v) is 10.8. The second-order valence-corrected chi connectivity index (χ2v) is 5.81. The Hall–Kier alpha value is -1.58. The lowest BCUT2D eigenvalue weighted by Gasteiger charge is -2.09. The first-order valence-electron chi connectivity index (χ1n) is 5.76. The van der Waals surface area contributed by atoms with Gasteiger partial charge in [-0.05, 0) is 38.0 Å². The maximum Gasteiger partial charge on any atom is 0.240 e. The number of sulfonamides is 1. The molecule has 1 aliphatic rings. The first kappa shape index (κ1) is 12.9. The number of rotatable bonds is 5. The van der Waals surface area contributed by atoms with Crippen LogP contribution in [0.15, 0.2) is 23.1 Å². The van der Waals surface area contributed by atoms with Crippen LogP contribution in [0.4, 0.5) is 0 Å². The number of benzene rings is 1. The Morgan fingerprint density at radius 2 is 2.22 bits per heavy atom. The Morgan fingerprint density at radius 3 is 2.78 bits per heavy atom. The van der Waals surface area contributed by atoms with Crippen LogP contribution in [-0.2, 0) is 10.0 Å². The van der Waals surface area contributed by atoms with Gasteiger partial charge in [0.2, 0.25) is 10.0 Å². The highest BCUT2D eigenvalue weighted by atomic mass is 32.2. The lowest BCUT2D eigenvalue weighted by atomic mass is 10.2. The Balaban J connectivity index is 2.31. The van der Waals surface area contributed by atoms with E-state index in [9.17, 15) is 8.42 Å². The molecule has 1 saturated carbocycles. The number of nitrogens with one attached hydrogen (secondary N) is 1. The van der Waals surface area contributed by atoms with Crippen LogP contribution in [0.25, 0.3) is 0 Å². The van der Waals surface area contributed by atoms with Crippen LogP contribution in [0.2, 0.25) is 0 Å². The van der Waals surface area contributed by atoms with E-state index >= 15 is 0 Å². The average molecular weight is 266 g/mol. The van der Waals surface area contributed by atoms with Gasteiger partial charge in [-0.1, -0.05) is 0 Å². The van der Waals surface area contributed by atoms with E-state index in [2.05, 4.69) is 4.72 Å². The number of hydrogen-bond donors (Lipinski definition) is 1. The molecule has 5 nitrogen and oxygen atoms in total. The molecular formula is C12H14N2O3S. The molecule has 0 heterocycles. The predicted octanol–water partition coefficient (Wildman–Crippen LogP) is 1.40. The van der Waals surface area contributed by atoms with Crippen molar-refractivity contribution in [2.75, 3.05) is 6.61 Å². The van der Waals surface area contributed by atoms with Crippen LogP contribution in [-0.4, -0.2) is 21.1 Å². The summed E-state index contributed by atoms with van der Waals surface area (Å²) in [5.41, 5.74) is 0.232. The molecule has 2 rings (SSSR count). The summed E-state index contributed by atoms with van der Waals surface area (Å²) < 4.78 is 31.7. The standard InChI is InChI=1S/C12H14N2O3S/c1-2-17-12-6-5-11(7-9(12)8-13)18(15,16)14-10-3-4-10/h5-7,10,14H,2-4H2,1H3. The van der Waals surface area contributed by atoms with Crippen LogP contribution in [0.5, 0.6) is 5.75 Å². The molecule has 0 bridgehead atoms. The van der Waals surface area contributed by atoms with Gasteiger partial charge in [-0.25, -0.2) is 13.1 Å². The van der Waals surface area contributed by atoms with E-state index in [1.165, 1.54) is 18.2 Å². The minimum Gasteiger partial charge on any atom is -0.492 e. The monoisotopic (exact) mass is 266 g/mol. The third-order valence-electron chi connectivity index (χ3n) is 2.58. The summed E-state index contributed by atoms with van der Waals surface area (Å²) in [5, 5.41) is 8.98. The Bertz CT molecular complexity index is 586. The molecule has 0 aliphatic heterocycles. The first-order valence-corrected chi connectivity index (χ1v) is 7.24. The fourth-order valence-electron chi connectivity index (χ4n) is 1.53. The van der Waals surface area contributed by atoms with E-state index in [0.29, 0.717) is 12.4 Å². The van der Waals surface area contributed by atoms with Crippen molar-refractivity contribution in [3.05, 3.63) is 23.8 Å². The Morgan fingerprint density at radius 1 is 1.50 bits per heavy atom. The lowest BCUT2D eigenvalue weighted by Crippen LogP contribution is -2.25. The third-order valence-corrected chi connectivity index (χ3v) is 4.10.